The molecule has 0 radical (unpaired) electrons. The normalized spacial score (nSPS) is 10.6. The Labute approximate surface area is 155 Å². The van der Waals surface area contributed by atoms with Crippen molar-refractivity contribution in [1.82, 2.24) is 5.32 Å². The van der Waals surface area contributed by atoms with E-state index in [0.717, 1.165) is 36.6 Å². The third-order valence-corrected chi connectivity index (χ3v) is 3.45. The zero-order valence-corrected chi connectivity index (χ0v) is 14.7. The molecule has 0 saturated carbocycles. The van der Waals surface area contributed by atoms with E-state index >= 15 is 0 Å². The molecular formula is C19H19F2N3O3. The van der Waals surface area contributed by atoms with Gasteiger partial charge in [-0.2, -0.15) is 0 Å². The van der Waals surface area contributed by atoms with E-state index in [4.69, 9.17) is 4.84 Å². The average Bonchev–Trinajstić information content (AvgIpc) is 2.62. The lowest BCUT2D eigenvalue weighted by molar-refractivity contribution is 0.0959. The highest BCUT2D eigenvalue weighted by Gasteiger charge is 2.19. The quantitative estimate of drug-likeness (QED) is 0.435. The first-order valence-electron chi connectivity index (χ1n) is 8.33. The van der Waals surface area contributed by atoms with Crippen molar-refractivity contribution in [3.63, 3.8) is 0 Å². The molecule has 0 aliphatic heterocycles. The Morgan fingerprint density at radius 3 is 2.41 bits per heavy atom. The fourth-order valence-electron chi connectivity index (χ4n) is 2.05. The number of carbonyl (C=O) groups is 2. The molecule has 0 fully saturated rings. The number of nitrogens with one attached hydrogen (secondary N) is 2. The molecule has 0 heterocycles. The largest absolute Gasteiger partial charge is 0.396 e. The van der Waals surface area contributed by atoms with E-state index < -0.39 is 29.1 Å². The van der Waals surface area contributed by atoms with Crippen LogP contribution in [0, 0.1) is 11.6 Å². The van der Waals surface area contributed by atoms with Crippen LogP contribution in [-0.4, -0.2) is 24.8 Å². The molecule has 0 aliphatic rings. The van der Waals surface area contributed by atoms with Crippen LogP contribution in [0.25, 0.3) is 0 Å². The third-order valence-electron chi connectivity index (χ3n) is 3.45. The van der Waals surface area contributed by atoms with Crippen LogP contribution in [0.4, 0.5) is 19.3 Å². The number of urea groups is 1. The van der Waals surface area contributed by atoms with E-state index in [1.54, 1.807) is 24.3 Å². The Bertz CT molecular complexity index is 803. The van der Waals surface area contributed by atoms with Crippen molar-refractivity contribution in [2.24, 2.45) is 5.16 Å². The second kappa shape index (κ2) is 10.0. The van der Waals surface area contributed by atoms with Gasteiger partial charge in [0.1, 0.15) is 23.8 Å². The van der Waals surface area contributed by atoms with Gasteiger partial charge in [0.2, 0.25) is 0 Å². The Kier molecular flexibility index (Phi) is 7.42. The van der Waals surface area contributed by atoms with Crippen molar-refractivity contribution in [2.75, 3.05) is 11.9 Å². The minimum Gasteiger partial charge on any atom is -0.396 e. The summed E-state index contributed by atoms with van der Waals surface area (Å²) in [6.45, 7) is 2.60. The maximum atomic E-state index is 13.5. The molecule has 0 atom stereocenters. The molecule has 0 aromatic heterocycles. The molecule has 6 nitrogen and oxygen atoms in total. The summed E-state index contributed by atoms with van der Waals surface area (Å²) in [6, 6.07) is 8.61. The average molecular weight is 375 g/mol. The summed E-state index contributed by atoms with van der Waals surface area (Å²) in [5.41, 5.74) is 0.322. The molecule has 2 rings (SSSR count). The number of carbonyl (C=O) groups excluding carboxylic acids is 2. The lowest BCUT2D eigenvalue weighted by Gasteiger charge is -2.08. The SMILES string of the molecule is CCCCO/N=C/c1ccc(NC(=O)NC(=O)c2c(F)cccc2F)cc1. The van der Waals surface area contributed by atoms with Gasteiger partial charge in [0.05, 0.1) is 6.21 Å². The number of nitrogens with zero attached hydrogens (tertiary/aromatic N) is 1. The summed E-state index contributed by atoms with van der Waals surface area (Å²) in [7, 11) is 0. The van der Waals surface area contributed by atoms with Crippen molar-refractivity contribution < 1.29 is 23.2 Å². The van der Waals surface area contributed by atoms with Crippen LogP contribution in [0.1, 0.15) is 35.7 Å². The molecule has 8 heteroatoms. The summed E-state index contributed by atoms with van der Waals surface area (Å²) in [6.07, 6.45) is 3.47. The first-order valence-corrected chi connectivity index (χ1v) is 8.33. The molecule has 3 amide bonds. The van der Waals surface area contributed by atoms with Gasteiger partial charge in [0.15, 0.2) is 0 Å². The van der Waals surface area contributed by atoms with Gasteiger partial charge >= 0.3 is 6.03 Å². The van der Waals surface area contributed by atoms with Crippen LogP contribution in [0.15, 0.2) is 47.6 Å². The highest BCUT2D eigenvalue weighted by Crippen LogP contribution is 2.12. The Balaban J connectivity index is 1.89. The summed E-state index contributed by atoms with van der Waals surface area (Å²) in [4.78, 5) is 28.8. The monoisotopic (exact) mass is 375 g/mol. The van der Waals surface area contributed by atoms with E-state index in [1.165, 1.54) is 6.21 Å². The summed E-state index contributed by atoms with van der Waals surface area (Å²) < 4.78 is 27.1. The molecule has 27 heavy (non-hydrogen) atoms. The molecule has 0 unspecified atom stereocenters. The van der Waals surface area contributed by atoms with Gasteiger partial charge in [-0.15, -0.1) is 0 Å². The predicted octanol–water partition coefficient (Wildman–Crippen LogP) is 4.08. The maximum Gasteiger partial charge on any atom is 0.326 e. The number of amides is 3. The molecule has 142 valence electrons. The first-order chi connectivity index (χ1) is 13.0. The van der Waals surface area contributed by atoms with Gasteiger partial charge in [-0.3, -0.25) is 10.1 Å². The number of rotatable bonds is 7. The number of hydrogen-bond donors (Lipinski definition) is 2. The molecule has 0 spiro atoms. The first kappa shape index (κ1) is 20.0. The van der Waals surface area contributed by atoms with E-state index in [1.807, 2.05) is 5.32 Å². The topological polar surface area (TPSA) is 79.8 Å². The minimum absolute atomic E-state index is 0.387. The molecule has 0 aliphatic carbocycles. The van der Waals surface area contributed by atoms with Crippen LogP contribution in [-0.2, 0) is 4.84 Å². The number of imide groups is 1. The number of unbranched alkanes of at least 4 members (excludes halogenated alkanes) is 1. The number of anilines is 1. The van der Waals surface area contributed by atoms with Crippen LogP contribution in [0.3, 0.4) is 0 Å². The van der Waals surface area contributed by atoms with Gasteiger partial charge in [0.25, 0.3) is 5.91 Å². The van der Waals surface area contributed by atoms with Crippen LogP contribution >= 0.6 is 0 Å². The predicted molar refractivity (Wildman–Crippen MR) is 97.7 cm³/mol. The number of oxime groups is 1. The number of hydrogen-bond acceptors (Lipinski definition) is 4. The zero-order chi connectivity index (χ0) is 19.6. The number of benzene rings is 2. The molecule has 2 aromatic carbocycles. The molecular weight excluding hydrogens is 356 g/mol. The maximum absolute atomic E-state index is 13.5. The molecule has 2 aromatic rings. The summed E-state index contributed by atoms with van der Waals surface area (Å²) >= 11 is 0. The van der Waals surface area contributed by atoms with Crippen molar-refractivity contribution in [3.05, 3.63) is 65.2 Å². The Morgan fingerprint density at radius 2 is 1.78 bits per heavy atom. The van der Waals surface area contributed by atoms with Gasteiger partial charge < -0.3 is 10.2 Å². The van der Waals surface area contributed by atoms with Crippen molar-refractivity contribution in [1.29, 1.82) is 0 Å². The van der Waals surface area contributed by atoms with E-state index in [2.05, 4.69) is 17.4 Å². The highest BCUT2D eigenvalue weighted by atomic mass is 19.1. The van der Waals surface area contributed by atoms with Gasteiger partial charge in [-0.05, 0) is 36.2 Å². The van der Waals surface area contributed by atoms with Gasteiger partial charge in [-0.1, -0.05) is 36.7 Å². The smallest absolute Gasteiger partial charge is 0.326 e. The standard InChI is InChI=1S/C19H19F2N3O3/c1-2-3-11-27-22-12-13-7-9-14(10-8-13)23-19(26)24-18(25)17-15(20)5-4-6-16(17)21/h4-10,12H,2-3,11H2,1H3,(H2,23,24,25,26)/b22-12+. The minimum atomic E-state index is -1.17. The van der Waals surface area contributed by atoms with E-state index in [-0.39, 0.29) is 0 Å². The lowest BCUT2D eigenvalue weighted by atomic mass is 10.2. The van der Waals surface area contributed by atoms with Crippen molar-refractivity contribution in [2.45, 2.75) is 19.8 Å². The van der Waals surface area contributed by atoms with Gasteiger partial charge in [-0.25, -0.2) is 13.6 Å². The van der Waals surface area contributed by atoms with Crippen molar-refractivity contribution in [3.8, 4) is 0 Å². The second-order valence-corrected chi connectivity index (χ2v) is 5.55. The lowest BCUT2D eigenvalue weighted by Crippen LogP contribution is -2.35. The van der Waals surface area contributed by atoms with Crippen molar-refractivity contribution >= 4 is 23.8 Å². The molecule has 0 saturated heterocycles. The Morgan fingerprint density at radius 1 is 1.11 bits per heavy atom. The van der Waals surface area contributed by atoms with E-state index in [9.17, 15) is 18.4 Å². The van der Waals surface area contributed by atoms with Crippen LogP contribution in [0.2, 0.25) is 0 Å². The van der Waals surface area contributed by atoms with Gasteiger partial charge in [0, 0.05) is 5.69 Å². The highest BCUT2D eigenvalue weighted by molar-refractivity contribution is 6.08. The molecule has 2 N–H and O–H groups in total. The molecule has 0 bridgehead atoms. The number of halogens is 2. The Hall–Kier alpha value is -3.29. The summed E-state index contributed by atoms with van der Waals surface area (Å²) in [5.74, 6) is -3.27. The fraction of sp³-hybridized carbons (Fsp3) is 0.211. The fourth-order valence-corrected chi connectivity index (χ4v) is 2.05. The van der Waals surface area contributed by atoms with E-state index in [0.29, 0.717) is 12.3 Å². The third kappa shape index (κ3) is 6.18. The second-order valence-electron chi connectivity index (χ2n) is 5.55. The zero-order valence-electron chi connectivity index (χ0n) is 14.7. The summed E-state index contributed by atoms with van der Waals surface area (Å²) in [5, 5.41) is 8.10. The van der Waals surface area contributed by atoms with Crippen LogP contribution in [0.5, 0.6) is 0 Å². The van der Waals surface area contributed by atoms with Crippen LogP contribution < -0.4 is 10.6 Å².